The Hall–Kier alpha value is -2.13. The van der Waals surface area contributed by atoms with E-state index in [-0.39, 0.29) is 23.7 Å². The van der Waals surface area contributed by atoms with Crippen molar-refractivity contribution in [1.82, 2.24) is 10.2 Å². The highest BCUT2D eigenvalue weighted by atomic mass is 32.2. The van der Waals surface area contributed by atoms with Crippen LogP contribution in [0.2, 0.25) is 0 Å². The van der Waals surface area contributed by atoms with Crippen molar-refractivity contribution in [3.63, 3.8) is 0 Å². The topological polar surface area (TPSA) is 93.2 Å². The Morgan fingerprint density at radius 2 is 1.96 bits per heavy atom. The molecule has 0 bridgehead atoms. The van der Waals surface area contributed by atoms with Gasteiger partial charge >= 0.3 is 5.97 Å². The van der Waals surface area contributed by atoms with Crippen molar-refractivity contribution in [3.05, 3.63) is 29.8 Å². The molecule has 0 saturated carbocycles. The number of anilines is 2. The summed E-state index contributed by atoms with van der Waals surface area (Å²) < 4.78 is 5.85. The number of carbonyl (C=O) groups excluding carboxylic acids is 2. The van der Waals surface area contributed by atoms with Gasteiger partial charge in [0.15, 0.2) is 4.34 Å². The number of hydrogen-bond donors (Lipinski definition) is 2. The SMILES string of the molecule is CCNc1nnc(SCC(=O)Nc2ccc(C(=O)OC(C)C)cc2)s1. The zero-order valence-corrected chi connectivity index (χ0v) is 15.9. The Bertz CT molecular complexity index is 716. The van der Waals surface area contributed by atoms with E-state index in [0.29, 0.717) is 11.3 Å². The van der Waals surface area contributed by atoms with Crippen molar-refractivity contribution in [1.29, 1.82) is 0 Å². The zero-order valence-electron chi connectivity index (χ0n) is 14.2. The Balaban J connectivity index is 1.82. The van der Waals surface area contributed by atoms with Crippen LogP contribution in [0.4, 0.5) is 10.8 Å². The highest BCUT2D eigenvalue weighted by molar-refractivity contribution is 8.01. The minimum Gasteiger partial charge on any atom is -0.459 e. The van der Waals surface area contributed by atoms with Crippen LogP contribution in [0.3, 0.4) is 0 Å². The van der Waals surface area contributed by atoms with Gasteiger partial charge in [-0.05, 0) is 45.0 Å². The lowest BCUT2D eigenvalue weighted by Crippen LogP contribution is -2.14. The highest BCUT2D eigenvalue weighted by Crippen LogP contribution is 2.25. The van der Waals surface area contributed by atoms with Crippen LogP contribution in [-0.2, 0) is 9.53 Å². The molecule has 0 saturated heterocycles. The summed E-state index contributed by atoms with van der Waals surface area (Å²) in [7, 11) is 0. The van der Waals surface area contributed by atoms with Crippen molar-refractivity contribution < 1.29 is 14.3 Å². The molecule has 7 nitrogen and oxygen atoms in total. The first kappa shape index (κ1) is 19.2. The molecule has 134 valence electrons. The molecule has 25 heavy (non-hydrogen) atoms. The summed E-state index contributed by atoms with van der Waals surface area (Å²) in [6, 6.07) is 6.60. The lowest BCUT2D eigenvalue weighted by molar-refractivity contribution is -0.113. The molecule has 2 aromatic rings. The molecule has 1 aromatic carbocycles. The number of carbonyl (C=O) groups is 2. The summed E-state index contributed by atoms with van der Waals surface area (Å²) in [6.07, 6.45) is -0.169. The second kappa shape index (κ2) is 9.38. The number of esters is 1. The number of nitrogens with zero attached hydrogens (tertiary/aromatic N) is 2. The van der Waals surface area contributed by atoms with Gasteiger partial charge in [0.25, 0.3) is 0 Å². The third kappa shape index (κ3) is 6.35. The molecule has 1 heterocycles. The van der Waals surface area contributed by atoms with Crippen molar-refractivity contribution >= 4 is 45.8 Å². The average molecular weight is 380 g/mol. The number of nitrogens with one attached hydrogen (secondary N) is 2. The summed E-state index contributed by atoms with van der Waals surface area (Å²) in [5.41, 5.74) is 1.07. The first-order chi connectivity index (χ1) is 12.0. The normalized spacial score (nSPS) is 10.6. The highest BCUT2D eigenvalue weighted by Gasteiger charge is 2.11. The molecule has 0 aliphatic carbocycles. The van der Waals surface area contributed by atoms with Gasteiger partial charge in [-0.1, -0.05) is 23.1 Å². The van der Waals surface area contributed by atoms with Gasteiger partial charge in [-0.15, -0.1) is 10.2 Å². The monoisotopic (exact) mass is 380 g/mol. The molecule has 0 radical (unpaired) electrons. The Morgan fingerprint density at radius 1 is 1.24 bits per heavy atom. The number of benzene rings is 1. The third-order valence-electron chi connectivity index (χ3n) is 2.81. The standard InChI is InChI=1S/C16H20N4O3S2/c1-4-17-15-19-20-16(25-15)24-9-13(21)18-12-7-5-11(6-8-12)14(22)23-10(2)3/h5-8,10H,4,9H2,1-3H3,(H,17,19)(H,18,21). The van der Waals surface area contributed by atoms with E-state index in [4.69, 9.17) is 4.74 Å². The van der Waals surface area contributed by atoms with Crippen molar-refractivity contribution in [2.45, 2.75) is 31.2 Å². The predicted octanol–water partition coefficient (Wildman–Crippen LogP) is 3.27. The molecule has 0 fully saturated rings. The molecule has 0 aliphatic heterocycles. The van der Waals surface area contributed by atoms with Gasteiger partial charge in [0, 0.05) is 12.2 Å². The van der Waals surface area contributed by atoms with Gasteiger partial charge in [0.1, 0.15) is 0 Å². The maximum atomic E-state index is 12.0. The number of rotatable bonds is 8. The molecular weight excluding hydrogens is 360 g/mol. The molecule has 0 spiro atoms. The third-order valence-corrected chi connectivity index (χ3v) is 4.82. The van der Waals surface area contributed by atoms with Crippen LogP contribution in [0, 0.1) is 0 Å². The molecule has 2 rings (SSSR count). The fourth-order valence-electron chi connectivity index (χ4n) is 1.79. The molecule has 0 unspecified atom stereocenters. The molecular formula is C16H20N4O3S2. The van der Waals surface area contributed by atoms with Crippen LogP contribution in [0.15, 0.2) is 28.6 Å². The van der Waals surface area contributed by atoms with E-state index in [9.17, 15) is 9.59 Å². The van der Waals surface area contributed by atoms with E-state index in [1.165, 1.54) is 23.1 Å². The number of amides is 1. The summed E-state index contributed by atoms with van der Waals surface area (Å²) in [4.78, 5) is 23.8. The van der Waals surface area contributed by atoms with Gasteiger partial charge in [0.05, 0.1) is 17.4 Å². The smallest absolute Gasteiger partial charge is 0.338 e. The van der Waals surface area contributed by atoms with E-state index in [2.05, 4.69) is 20.8 Å². The van der Waals surface area contributed by atoms with Gasteiger partial charge in [-0.25, -0.2) is 4.79 Å². The van der Waals surface area contributed by atoms with Crippen LogP contribution in [0.1, 0.15) is 31.1 Å². The van der Waals surface area contributed by atoms with Gasteiger partial charge < -0.3 is 15.4 Å². The summed E-state index contributed by atoms with van der Waals surface area (Å²) in [5.74, 6) is -0.295. The lowest BCUT2D eigenvalue weighted by Gasteiger charge is -2.08. The number of thioether (sulfide) groups is 1. The Morgan fingerprint density at radius 3 is 2.60 bits per heavy atom. The molecule has 0 aliphatic rings. The lowest BCUT2D eigenvalue weighted by atomic mass is 10.2. The van der Waals surface area contributed by atoms with Crippen molar-refractivity contribution in [2.75, 3.05) is 22.9 Å². The number of ether oxygens (including phenoxy) is 1. The second-order valence-corrected chi connectivity index (χ2v) is 7.47. The average Bonchev–Trinajstić information content (AvgIpc) is 3.01. The first-order valence-corrected chi connectivity index (χ1v) is 9.59. The van der Waals surface area contributed by atoms with Crippen molar-refractivity contribution in [3.8, 4) is 0 Å². The van der Waals surface area contributed by atoms with Crippen LogP contribution in [0.5, 0.6) is 0 Å². The summed E-state index contributed by atoms with van der Waals surface area (Å²) in [6.45, 7) is 6.35. The maximum Gasteiger partial charge on any atom is 0.338 e. The fourth-order valence-corrected chi connectivity index (χ4v) is 3.41. The minimum atomic E-state index is -0.379. The first-order valence-electron chi connectivity index (χ1n) is 7.79. The summed E-state index contributed by atoms with van der Waals surface area (Å²) >= 11 is 2.74. The number of aromatic nitrogens is 2. The van der Waals surface area contributed by atoms with E-state index >= 15 is 0 Å². The van der Waals surface area contributed by atoms with E-state index in [1.54, 1.807) is 38.1 Å². The quantitative estimate of drug-likeness (QED) is 0.536. The molecule has 9 heteroatoms. The van der Waals surface area contributed by atoms with Crippen LogP contribution >= 0.6 is 23.1 Å². The molecule has 2 N–H and O–H groups in total. The van der Waals surface area contributed by atoms with E-state index in [0.717, 1.165) is 16.0 Å². The van der Waals surface area contributed by atoms with Gasteiger partial charge in [-0.3, -0.25) is 4.79 Å². The van der Waals surface area contributed by atoms with E-state index < -0.39 is 0 Å². The molecule has 1 aromatic heterocycles. The van der Waals surface area contributed by atoms with Crippen LogP contribution in [0.25, 0.3) is 0 Å². The maximum absolute atomic E-state index is 12.0. The molecule has 1 amide bonds. The van der Waals surface area contributed by atoms with Crippen LogP contribution in [-0.4, -0.2) is 40.5 Å². The van der Waals surface area contributed by atoms with Gasteiger partial charge in [0.2, 0.25) is 11.0 Å². The minimum absolute atomic E-state index is 0.150. The Labute approximate surface area is 154 Å². The number of hydrogen-bond acceptors (Lipinski definition) is 8. The van der Waals surface area contributed by atoms with Crippen molar-refractivity contribution in [2.24, 2.45) is 0 Å². The van der Waals surface area contributed by atoms with Crippen LogP contribution < -0.4 is 10.6 Å². The second-order valence-electron chi connectivity index (χ2n) is 5.27. The predicted molar refractivity (Wildman–Crippen MR) is 100 cm³/mol. The molecule has 0 atom stereocenters. The fraction of sp³-hybridized carbons (Fsp3) is 0.375. The zero-order chi connectivity index (χ0) is 18.2. The van der Waals surface area contributed by atoms with Gasteiger partial charge in [-0.2, -0.15) is 0 Å². The summed E-state index contributed by atoms with van der Waals surface area (Å²) in [5, 5.41) is 14.6. The Kier molecular flexibility index (Phi) is 7.20. The largest absolute Gasteiger partial charge is 0.459 e. The van der Waals surface area contributed by atoms with E-state index in [1.807, 2.05) is 6.92 Å².